The van der Waals surface area contributed by atoms with Crippen LogP contribution in [0.3, 0.4) is 0 Å². The number of oxazole rings is 1. The highest BCUT2D eigenvalue weighted by Gasteiger charge is 2.07. The summed E-state index contributed by atoms with van der Waals surface area (Å²) >= 11 is 3.44. The number of hydrogen-bond acceptors (Lipinski definition) is 3. The number of fused-ring (bicyclic) bond motifs is 1. The van der Waals surface area contributed by atoms with E-state index in [9.17, 15) is 0 Å². The van der Waals surface area contributed by atoms with Gasteiger partial charge in [-0.2, -0.15) is 0 Å². The Balaban J connectivity index is 2.20. The number of unbranched alkanes of at least 4 members (excludes halogenated alkanes) is 1. The Morgan fingerprint density at radius 3 is 2.93 bits per heavy atom. The standard InChI is InChI=1S/C11H13BrN2O/c12-8-4-3-5-9-11(8)15-10(14-9)6-1-2-7-13/h3-5H,1-2,6-7,13H2. The van der Waals surface area contributed by atoms with Crippen LogP contribution in [0.2, 0.25) is 0 Å². The van der Waals surface area contributed by atoms with Crippen molar-refractivity contribution in [3.8, 4) is 0 Å². The van der Waals surface area contributed by atoms with Crippen molar-refractivity contribution < 1.29 is 4.42 Å². The molecule has 2 aromatic rings. The Hall–Kier alpha value is -0.870. The molecule has 0 unspecified atom stereocenters. The zero-order valence-electron chi connectivity index (χ0n) is 8.37. The monoisotopic (exact) mass is 268 g/mol. The molecule has 1 heterocycles. The third-order valence-corrected chi connectivity index (χ3v) is 2.88. The lowest BCUT2D eigenvalue weighted by Gasteiger charge is -1.92. The Labute approximate surface area is 96.8 Å². The minimum atomic E-state index is 0.726. The molecular weight excluding hydrogens is 256 g/mol. The fourth-order valence-corrected chi connectivity index (χ4v) is 1.93. The fourth-order valence-electron chi connectivity index (χ4n) is 1.49. The molecule has 80 valence electrons. The maximum Gasteiger partial charge on any atom is 0.195 e. The van der Waals surface area contributed by atoms with Crippen molar-refractivity contribution in [3.05, 3.63) is 28.6 Å². The number of aromatic nitrogens is 1. The summed E-state index contributed by atoms with van der Waals surface area (Å²) in [5.74, 6) is 0.797. The van der Waals surface area contributed by atoms with Crippen molar-refractivity contribution in [3.63, 3.8) is 0 Å². The number of hydrogen-bond donors (Lipinski definition) is 1. The smallest absolute Gasteiger partial charge is 0.195 e. The topological polar surface area (TPSA) is 52.0 Å². The molecule has 0 atom stereocenters. The maximum atomic E-state index is 5.65. The first kappa shape index (κ1) is 10.6. The molecule has 0 spiro atoms. The third kappa shape index (κ3) is 2.38. The minimum absolute atomic E-state index is 0.726. The first-order valence-corrected chi connectivity index (χ1v) is 5.84. The average Bonchev–Trinajstić information content (AvgIpc) is 2.63. The molecule has 2 rings (SSSR count). The number of nitrogens with zero attached hydrogens (tertiary/aromatic N) is 1. The van der Waals surface area contributed by atoms with Gasteiger partial charge in [0, 0.05) is 6.42 Å². The van der Waals surface area contributed by atoms with Crippen molar-refractivity contribution in [1.29, 1.82) is 0 Å². The predicted octanol–water partition coefficient (Wildman–Crippen LogP) is 2.87. The van der Waals surface area contributed by atoms with Crippen LogP contribution >= 0.6 is 15.9 Å². The van der Waals surface area contributed by atoms with E-state index in [1.54, 1.807) is 0 Å². The molecule has 0 aliphatic rings. The summed E-state index contributed by atoms with van der Waals surface area (Å²) in [6.45, 7) is 0.726. The van der Waals surface area contributed by atoms with Gasteiger partial charge in [-0.25, -0.2) is 4.98 Å². The number of para-hydroxylation sites is 1. The van der Waals surface area contributed by atoms with E-state index < -0.39 is 0 Å². The van der Waals surface area contributed by atoms with E-state index in [1.807, 2.05) is 18.2 Å². The van der Waals surface area contributed by atoms with E-state index in [0.29, 0.717) is 0 Å². The van der Waals surface area contributed by atoms with Gasteiger partial charge in [-0.1, -0.05) is 6.07 Å². The van der Waals surface area contributed by atoms with Crippen LogP contribution in [-0.4, -0.2) is 11.5 Å². The molecule has 3 nitrogen and oxygen atoms in total. The molecule has 1 aromatic heterocycles. The molecule has 1 aromatic carbocycles. The van der Waals surface area contributed by atoms with Crippen molar-refractivity contribution >= 4 is 27.0 Å². The number of rotatable bonds is 4. The number of benzene rings is 1. The first-order valence-electron chi connectivity index (χ1n) is 5.05. The van der Waals surface area contributed by atoms with Gasteiger partial charge in [0.2, 0.25) is 0 Å². The molecular formula is C11H13BrN2O. The highest BCUT2D eigenvalue weighted by molar-refractivity contribution is 9.10. The summed E-state index contributed by atoms with van der Waals surface area (Å²) in [5.41, 5.74) is 7.18. The fraction of sp³-hybridized carbons (Fsp3) is 0.364. The zero-order chi connectivity index (χ0) is 10.7. The Morgan fingerprint density at radius 1 is 1.33 bits per heavy atom. The largest absolute Gasteiger partial charge is 0.440 e. The lowest BCUT2D eigenvalue weighted by Crippen LogP contribution is -1.98. The van der Waals surface area contributed by atoms with Gasteiger partial charge in [0.25, 0.3) is 0 Å². The molecule has 0 aliphatic heterocycles. The van der Waals surface area contributed by atoms with Crippen LogP contribution in [0.5, 0.6) is 0 Å². The SMILES string of the molecule is NCCCCc1nc2cccc(Br)c2o1. The Morgan fingerprint density at radius 2 is 2.20 bits per heavy atom. The van der Waals surface area contributed by atoms with Crippen LogP contribution in [0.4, 0.5) is 0 Å². The average molecular weight is 269 g/mol. The lowest BCUT2D eigenvalue weighted by molar-refractivity contribution is 0.514. The molecule has 0 aliphatic carbocycles. The Bertz CT molecular complexity index is 453. The molecule has 0 fully saturated rings. The second kappa shape index (κ2) is 4.77. The molecule has 2 N–H and O–H groups in total. The highest BCUT2D eigenvalue weighted by atomic mass is 79.9. The molecule has 0 amide bonds. The van der Waals surface area contributed by atoms with E-state index >= 15 is 0 Å². The van der Waals surface area contributed by atoms with E-state index in [4.69, 9.17) is 10.2 Å². The molecule has 15 heavy (non-hydrogen) atoms. The van der Waals surface area contributed by atoms with Crippen LogP contribution in [0.15, 0.2) is 27.1 Å². The molecule has 4 heteroatoms. The van der Waals surface area contributed by atoms with E-state index in [2.05, 4.69) is 20.9 Å². The molecule has 0 saturated heterocycles. The van der Waals surface area contributed by atoms with Gasteiger partial charge >= 0.3 is 0 Å². The molecule has 0 radical (unpaired) electrons. The van der Waals surface area contributed by atoms with E-state index in [-0.39, 0.29) is 0 Å². The van der Waals surface area contributed by atoms with Gasteiger partial charge in [0.1, 0.15) is 5.52 Å². The van der Waals surface area contributed by atoms with Crippen LogP contribution < -0.4 is 5.73 Å². The summed E-state index contributed by atoms with van der Waals surface area (Å²) in [6, 6.07) is 5.87. The quantitative estimate of drug-likeness (QED) is 0.868. The van der Waals surface area contributed by atoms with Crippen LogP contribution in [0.25, 0.3) is 11.1 Å². The van der Waals surface area contributed by atoms with Gasteiger partial charge < -0.3 is 10.2 Å². The van der Waals surface area contributed by atoms with E-state index in [1.165, 1.54) is 0 Å². The summed E-state index contributed by atoms with van der Waals surface area (Å²) in [7, 11) is 0. The normalized spacial score (nSPS) is 11.1. The van der Waals surface area contributed by atoms with Gasteiger partial charge in [-0.3, -0.25) is 0 Å². The molecule has 0 saturated carbocycles. The summed E-state index contributed by atoms with van der Waals surface area (Å²) in [5, 5.41) is 0. The Kier molecular flexibility index (Phi) is 3.38. The summed E-state index contributed by atoms with van der Waals surface area (Å²) in [6.07, 6.45) is 2.90. The van der Waals surface area contributed by atoms with Gasteiger partial charge in [0.15, 0.2) is 11.5 Å². The lowest BCUT2D eigenvalue weighted by atomic mass is 10.2. The third-order valence-electron chi connectivity index (χ3n) is 2.26. The second-order valence-electron chi connectivity index (χ2n) is 3.44. The van der Waals surface area contributed by atoms with Crippen LogP contribution in [0.1, 0.15) is 18.7 Å². The second-order valence-corrected chi connectivity index (χ2v) is 4.30. The van der Waals surface area contributed by atoms with Gasteiger partial charge in [-0.15, -0.1) is 0 Å². The summed E-state index contributed by atoms with van der Waals surface area (Å²) in [4.78, 5) is 4.41. The number of halogens is 1. The van der Waals surface area contributed by atoms with Crippen molar-refractivity contribution in [1.82, 2.24) is 4.98 Å². The summed E-state index contributed by atoms with van der Waals surface area (Å²) < 4.78 is 6.60. The van der Waals surface area contributed by atoms with Crippen LogP contribution in [-0.2, 0) is 6.42 Å². The maximum absolute atomic E-state index is 5.65. The first-order chi connectivity index (χ1) is 7.31. The van der Waals surface area contributed by atoms with Crippen molar-refractivity contribution in [2.75, 3.05) is 6.54 Å². The number of nitrogens with two attached hydrogens (primary N) is 1. The predicted molar refractivity (Wildman–Crippen MR) is 63.7 cm³/mol. The molecule has 0 bridgehead atoms. The van der Waals surface area contributed by atoms with Crippen molar-refractivity contribution in [2.45, 2.75) is 19.3 Å². The van der Waals surface area contributed by atoms with Gasteiger partial charge in [0.05, 0.1) is 4.47 Å². The van der Waals surface area contributed by atoms with E-state index in [0.717, 1.165) is 47.3 Å². The van der Waals surface area contributed by atoms with Gasteiger partial charge in [-0.05, 0) is 47.4 Å². The van der Waals surface area contributed by atoms with Crippen molar-refractivity contribution in [2.24, 2.45) is 5.73 Å². The minimum Gasteiger partial charge on any atom is -0.440 e. The highest BCUT2D eigenvalue weighted by Crippen LogP contribution is 2.24. The van der Waals surface area contributed by atoms with Crippen LogP contribution in [0, 0.1) is 0 Å². The zero-order valence-corrected chi connectivity index (χ0v) is 9.96. The number of aryl methyl sites for hydroxylation is 1.